The second kappa shape index (κ2) is 14.4. The number of carbonyl (C=O) groups excluding carboxylic acids is 1. The monoisotopic (exact) mass is 623 g/mol. The zero-order valence-corrected chi connectivity index (χ0v) is 25.4. The number of aromatic nitrogens is 3. The van der Waals surface area contributed by atoms with Crippen molar-refractivity contribution in [1.82, 2.24) is 14.8 Å². The van der Waals surface area contributed by atoms with Gasteiger partial charge in [0, 0.05) is 36.2 Å². The van der Waals surface area contributed by atoms with Gasteiger partial charge in [0.15, 0.2) is 11.4 Å². The Morgan fingerprint density at radius 1 is 0.889 bits per heavy atom. The van der Waals surface area contributed by atoms with Crippen LogP contribution in [-0.2, 0) is 23.1 Å². The zero-order chi connectivity index (χ0) is 31.0. The highest BCUT2D eigenvalue weighted by molar-refractivity contribution is 7.99. The second-order valence-electron chi connectivity index (χ2n) is 10.5. The van der Waals surface area contributed by atoms with Gasteiger partial charge < -0.3 is 34.5 Å². The highest BCUT2D eigenvalue weighted by atomic mass is 32.2. The molecule has 6 rings (SSSR count). The molecule has 1 aliphatic heterocycles. The van der Waals surface area contributed by atoms with Gasteiger partial charge in [0.05, 0.1) is 18.8 Å². The van der Waals surface area contributed by atoms with Gasteiger partial charge in [-0.15, -0.1) is 10.2 Å². The van der Waals surface area contributed by atoms with E-state index in [4.69, 9.17) is 14.2 Å². The molecule has 0 aliphatic carbocycles. The lowest BCUT2D eigenvalue weighted by Crippen LogP contribution is -2.31. The fourth-order valence-corrected chi connectivity index (χ4v) is 5.75. The molecule has 3 N–H and O–H groups in total. The van der Waals surface area contributed by atoms with Crippen molar-refractivity contribution in [3.8, 4) is 11.5 Å². The third-order valence-electron chi connectivity index (χ3n) is 7.21. The van der Waals surface area contributed by atoms with Crippen LogP contribution in [0.5, 0.6) is 11.5 Å². The van der Waals surface area contributed by atoms with E-state index in [9.17, 15) is 9.90 Å². The first-order valence-corrected chi connectivity index (χ1v) is 15.5. The number of aliphatic hydroxyl groups is 1. The van der Waals surface area contributed by atoms with E-state index in [1.807, 2.05) is 90.5 Å². The number of benzene rings is 4. The summed E-state index contributed by atoms with van der Waals surface area (Å²) in [5.41, 5.74) is 3.96. The minimum atomic E-state index is -0.606. The number of rotatable bonds is 10. The number of amides is 2. The molecule has 1 saturated heterocycles. The number of aliphatic hydroxyl groups excluding tert-OH is 1. The number of hydrogen-bond acceptors (Lipinski definition) is 8. The fraction of sp³-hybridized carbons (Fsp3) is 0.206. The van der Waals surface area contributed by atoms with Gasteiger partial charge in [0.1, 0.15) is 17.8 Å². The average Bonchev–Trinajstić information content (AvgIpc) is 3.49. The van der Waals surface area contributed by atoms with Crippen molar-refractivity contribution in [1.29, 1.82) is 0 Å². The quantitative estimate of drug-likeness (QED) is 0.141. The third-order valence-corrected chi connectivity index (χ3v) is 8.38. The van der Waals surface area contributed by atoms with E-state index >= 15 is 0 Å². The molecule has 4 aromatic carbocycles. The molecule has 1 aliphatic rings. The molecule has 1 fully saturated rings. The Morgan fingerprint density at radius 2 is 1.53 bits per heavy atom. The predicted octanol–water partition coefficient (Wildman–Crippen LogP) is 7.08. The molecular formula is C34H33N5O5S. The van der Waals surface area contributed by atoms with E-state index in [2.05, 4.69) is 20.8 Å². The van der Waals surface area contributed by atoms with Gasteiger partial charge in [-0.2, -0.15) is 0 Å². The number of aryl methyl sites for hydroxylation is 1. The lowest BCUT2D eigenvalue weighted by Gasteiger charge is -2.36. The maximum Gasteiger partial charge on any atom is 0.323 e. The van der Waals surface area contributed by atoms with Gasteiger partial charge in [-0.05, 0) is 59.7 Å². The van der Waals surface area contributed by atoms with E-state index in [0.717, 1.165) is 27.6 Å². The summed E-state index contributed by atoms with van der Waals surface area (Å²) in [6.45, 7) is -0.0110. The first kappa shape index (κ1) is 30.4. The Morgan fingerprint density at radius 3 is 2.18 bits per heavy atom. The highest BCUT2D eigenvalue weighted by Gasteiger charge is 2.32. The summed E-state index contributed by atoms with van der Waals surface area (Å²) >= 11 is 1.59. The molecule has 2 amide bonds. The SMILES string of the molecule is Cn1cnnc1SC[C@@H]1C[C@H](c2ccc(CO)cc2)O[C@H](c2ccc(NC(=O)Nc3ccc(Oc4ccccc4)cc3)cc2)O1. The minimum Gasteiger partial charge on any atom is -0.457 e. The summed E-state index contributed by atoms with van der Waals surface area (Å²) in [5, 5.41) is 24.1. The number of anilines is 2. The summed E-state index contributed by atoms with van der Waals surface area (Å²) < 4.78 is 20.5. The molecular weight excluding hydrogens is 590 g/mol. The molecule has 45 heavy (non-hydrogen) atoms. The number of nitrogens with zero attached hydrogens (tertiary/aromatic N) is 3. The van der Waals surface area contributed by atoms with E-state index in [-0.39, 0.29) is 24.8 Å². The van der Waals surface area contributed by atoms with Crippen LogP contribution in [0.2, 0.25) is 0 Å². The number of hydrogen-bond donors (Lipinski definition) is 3. The topological polar surface area (TPSA) is 120 Å². The molecule has 0 saturated carbocycles. The van der Waals surface area contributed by atoms with Crippen LogP contribution in [0.3, 0.4) is 0 Å². The molecule has 1 aromatic heterocycles. The molecule has 0 bridgehead atoms. The standard InChI is InChI=1S/C34H33N5O5S/c1-39-22-35-38-34(39)45-21-30-19-31(24-9-7-23(20-40)8-10-24)44-32(43-30)25-11-13-26(14-12-25)36-33(41)37-27-15-17-29(18-16-27)42-28-5-3-2-4-6-28/h2-18,22,30-32,40H,19-21H2,1H3,(H2,36,37,41)/t30-,31+,32+/m0/s1. The highest BCUT2D eigenvalue weighted by Crippen LogP contribution is 2.39. The number of urea groups is 1. The van der Waals surface area contributed by atoms with Crippen molar-refractivity contribution < 1.29 is 24.1 Å². The van der Waals surface area contributed by atoms with Gasteiger partial charge in [0.2, 0.25) is 0 Å². The summed E-state index contributed by atoms with van der Waals surface area (Å²) in [5.74, 6) is 2.09. The van der Waals surface area contributed by atoms with Gasteiger partial charge >= 0.3 is 6.03 Å². The van der Waals surface area contributed by atoms with Crippen molar-refractivity contribution in [3.63, 3.8) is 0 Å². The summed E-state index contributed by atoms with van der Waals surface area (Å²) in [7, 11) is 1.91. The first-order valence-electron chi connectivity index (χ1n) is 14.5. The van der Waals surface area contributed by atoms with E-state index < -0.39 is 6.29 Å². The van der Waals surface area contributed by atoms with Gasteiger partial charge in [-0.25, -0.2) is 4.79 Å². The lowest BCUT2D eigenvalue weighted by molar-refractivity contribution is -0.245. The number of para-hydroxylation sites is 1. The number of ether oxygens (including phenoxy) is 3. The fourth-order valence-electron chi connectivity index (χ4n) is 4.84. The van der Waals surface area contributed by atoms with E-state index in [1.165, 1.54) is 0 Å². The summed E-state index contributed by atoms with van der Waals surface area (Å²) in [4.78, 5) is 12.7. The van der Waals surface area contributed by atoms with Crippen LogP contribution in [0.25, 0.3) is 0 Å². The van der Waals surface area contributed by atoms with Crippen molar-refractivity contribution in [2.24, 2.45) is 7.05 Å². The van der Waals surface area contributed by atoms with Crippen LogP contribution < -0.4 is 15.4 Å². The third kappa shape index (κ3) is 8.08. The first-order chi connectivity index (χ1) is 22.0. The normalized spacial score (nSPS) is 17.9. The molecule has 0 unspecified atom stereocenters. The second-order valence-corrected chi connectivity index (χ2v) is 11.5. The van der Waals surface area contributed by atoms with Crippen molar-refractivity contribution >= 4 is 29.2 Å². The van der Waals surface area contributed by atoms with Crippen LogP contribution >= 0.6 is 11.8 Å². The van der Waals surface area contributed by atoms with E-state index in [1.54, 1.807) is 42.4 Å². The van der Waals surface area contributed by atoms with Crippen LogP contribution in [0.4, 0.5) is 16.2 Å². The van der Waals surface area contributed by atoms with Crippen molar-refractivity contribution in [2.75, 3.05) is 16.4 Å². The predicted molar refractivity (Wildman–Crippen MR) is 172 cm³/mol. The van der Waals surface area contributed by atoms with Gasteiger partial charge in [0.25, 0.3) is 0 Å². The van der Waals surface area contributed by atoms with Crippen LogP contribution in [0, 0.1) is 0 Å². The van der Waals surface area contributed by atoms with E-state index in [0.29, 0.717) is 29.3 Å². The van der Waals surface area contributed by atoms with Gasteiger partial charge in [-0.3, -0.25) is 0 Å². The maximum atomic E-state index is 12.7. The molecule has 230 valence electrons. The molecule has 11 heteroatoms. The molecule has 5 aromatic rings. The lowest BCUT2D eigenvalue weighted by atomic mass is 10.0. The smallest absolute Gasteiger partial charge is 0.323 e. The summed E-state index contributed by atoms with van der Waals surface area (Å²) in [6.07, 6.45) is 1.43. The summed E-state index contributed by atoms with van der Waals surface area (Å²) in [6, 6.07) is 31.5. The Kier molecular flexibility index (Phi) is 9.71. The van der Waals surface area contributed by atoms with Crippen LogP contribution in [0.15, 0.2) is 115 Å². The van der Waals surface area contributed by atoms with Gasteiger partial charge in [-0.1, -0.05) is 66.4 Å². The zero-order valence-electron chi connectivity index (χ0n) is 24.6. The van der Waals surface area contributed by atoms with Crippen molar-refractivity contribution in [3.05, 3.63) is 126 Å². The molecule has 3 atom stereocenters. The Bertz CT molecular complexity index is 1680. The Labute approximate surface area is 265 Å². The number of carbonyl (C=O) groups is 1. The Hall–Kier alpha value is -4.68. The molecule has 10 nitrogen and oxygen atoms in total. The minimum absolute atomic E-state index is 0.0110. The molecule has 0 radical (unpaired) electrons. The Balaban J connectivity index is 1.08. The number of thioether (sulfide) groups is 1. The maximum absolute atomic E-state index is 12.7. The largest absolute Gasteiger partial charge is 0.457 e. The average molecular weight is 624 g/mol. The van der Waals surface area contributed by atoms with Crippen molar-refractivity contribution in [2.45, 2.75) is 36.7 Å². The molecule has 2 heterocycles. The molecule has 0 spiro atoms. The van der Waals surface area contributed by atoms with Crippen LogP contribution in [0.1, 0.15) is 35.5 Å². The number of nitrogens with one attached hydrogen (secondary N) is 2. The van der Waals surface area contributed by atoms with Crippen LogP contribution in [-0.4, -0.2) is 37.8 Å².